The van der Waals surface area contributed by atoms with Crippen LogP contribution in [0.3, 0.4) is 0 Å². The number of hydrogen-bond donors (Lipinski definition) is 0. The normalized spacial score (nSPS) is 12.6. The van der Waals surface area contributed by atoms with Gasteiger partial charge < -0.3 is 13.7 Å². The molecule has 1 aliphatic heterocycles. The molecule has 0 spiro atoms. The first-order valence-electron chi connectivity index (χ1n) is 19.1. The van der Waals surface area contributed by atoms with Crippen LogP contribution in [0.5, 0.6) is 0 Å². The molecule has 6 heteroatoms. The number of fused-ring (bicyclic) bond motifs is 6. The van der Waals surface area contributed by atoms with Crippen molar-refractivity contribution in [1.82, 2.24) is 15.0 Å². The number of hydrogen-bond acceptors (Lipinski definition) is 6. The fourth-order valence-electron chi connectivity index (χ4n) is 8.37. The molecule has 0 fully saturated rings. The minimum atomic E-state index is 0.772. The predicted molar refractivity (Wildman–Crippen MR) is 231 cm³/mol. The topological polar surface area (TPSA) is 68.2 Å². The molecule has 0 saturated carbocycles. The molecule has 0 radical (unpaired) electrons. The van der Waals surface area contributed by atoms with Crippen molar-refractivity contribution in [3.8, 4) is 55.6 Å². The molecule has 5 aromatic carbocycles. The zero-order chi connectivity index (χ0) is 37.9. The lowest BCUT2D eigenvalue weighted by molar-refractivity contribution is 0.597. The van der Waals surface area contributed by atoms with Crippen molar-refractivity contribution in [2.24, 2.45) is 0 Å². The van der Waals surface area contributed by atoms with Gasteiger partial charge >= 0.3 is 0 Å². The first-order valence-corrected chi connectivity index (χ1v) is 19.1. The van der Waals surface area contributed by atoms with Crippen molar-refractivity contribution in [3.05, 3.63) is 188 Å². The van der Waals surface area contributed by atoms with Crippen molar-refractivity contribution < 1.29 is 8.83 Å². The molecule has 6 nitrogen and oxygen atoms in total. The van der Waals surface area contributed by atoms with Gasteiger partial charge in [0.1, 0.15) is 16.7 Å². The second-order valence-corrected chi connectivity index (χ2v) is 14.5. The first-order chi connectivity index (χ1) is 28.2. The Balaban J connectivity index is 0.940. The predicted octanol–water partition coefficient (Wildman–Crippen LogP) is 12.7. The molecule has 57 heavy (non-hydrogen) atoms. The van der Waals surface area contributed by atoms with E-state index in [1.165, 1.54) is 0 Å². The fourth-order valence-corrected chi connectivity index (χ4v) is 8.37. The number of anilines is 1. The number of benzene rings is 5. The number of rotatable bonds is 6. The average Bonchev–Trinajstić information content (AvgIpc) is 3.86. The van der Waals surface area contributed by atoms with Gasteiger partial charge in [-0.1, -0.05) is 103 Å². The fraction of sp³-hybridized carbons (Fsp3) is 0.0392. The second kappa shape index (κ2) is 13.3. The van der Waals surface area contributed by atoms with Gasteiger partial charge in [-0.25, -0.2) is 0 Å². The van der Waals surface area contributed by atoms with E-state index in [4.69, 9.17) is 13.8 Å². The first kappa shape index (κ1) is 32.8. The van der Waals surface area contributed by atoms with Crippen LogP contribution < -0.4 is 4.90 Å². The van der Waals surface area contributed by atoms with Crippen LogP contribution in [0.2, 0.25) is 0 Å². The van der Waals surface area contributed by atoms with E-state index in [1.54, 1.807) is 6.20 Å². The molecule has 0 aliphatic carbocycles. The molecular weight excluding hydrogens is 701 g/mol. The van der Waals surface area contributed by atoms with E-state index in [0.717, 1.165) is 118 Å². The van der Waals surface area contributed by atoms with E-state index < -0.39 is 0 Å². The van der Waals surface area contributed by atoms with Crippen molar-refractivity contribution in [2.75, 3.05) is 18.5 Å². The van der Waals surface area contributed by atoms with Crippen LogP contribution in [0.15, 0.2) is 185 Å². The van der Waals surface area contributed by atoms with Crippen LogP contribution >= 0.6 is 0 Å². The number of nitrogens with zero attached hydrogens (tertiary/aromatic N) is 4. The SMILES string of the molecule is CN1CC=C(c2ccc(-c3ccnc4c3oc3ccc(-c5ccccc5-c5cccnc5)cc34)cc2)c2oc3ccc(-c4ccccc4-c4cccnc4)cc3c21. The number of furan rings is 2. The van der Waals surface area contributed by atoms with Gasteiger partial charge in [0.15, 0.2) is 11.3 Å². The van der Waals surface area contributed by atoms with Gasteiger partial charge in [-0.15, -0.1) is 0 Å². The molecule has 10 aromatic rings. The van der Waals surface area contributed by atoms with Crippen LogP contribution in [0, 0.1) is 0 Å². The van der Waals surface area contributed by atoms with E-state index >= 15 is 0 Å². The maximum atomic E-state index is 6.67. The molecule has 5 aromatic heterocycles. The Morgan fingerprint density at radius 3 is 1.67 bits per heavy atom. The molecule has 0 amide bonds. The maximum Gasteiger partial charge on any atom is 0.161 e. The van der Waals surface area contributed by atoms with Gasteiger partial charge in [0.05, 0.1) is 5.69 Å². The van der Waals surface area contributed by atoms with Crippen molar-refractivity contribution >= 4 is 44.3 Å². The average molecular weight is 735 g/mol. The Bertz CT molecular complexity index is 3160. The van der Waals surface area contributed by atoms with E-state index in [1.807, 2.05) is 43.0 Å². The van der Waals surface area contributed by atoms with E-state index in [2.05, 4.69) is 149 Å². The molecule has 0 saturated heterocycles. The van der Waals surface area contributed by atoms with Crippen LogP contribution in [0.25, 0.3) is 94.2 Å². The summed E-state index contributed by atoms with van der Waals surface area (Å²) in [5.74, 6) is 0.883. The van der Waals surface area contributed by atoms with Crippen molar-refractivity contribution in [1.29, 1.82) is 0 Å². The van der Waals surface area contributed by atoms with Gasteiger partial charge in [-0.2, -0.15) is 0 Å². The minimum Gasteiger partial charge on any atom is -0.454 e. The zero-order valence-corrected chi connectivity index (χ0v) is 31.1. The number of likely N-dealkylation sites (N-methyl/N-ethyl adjacent to an activating group) is 1. The van der Waals surface area contributed by atoms with E-state index in [0.29, 0.717) is 0 Å². The Morgan fingerprint density at radius 2 is 1.05 bits per heavy atom. The molecule has 270 valence electrons. The third-order valence-corrected chi connectivity index (χ3v) is 11.1. The Labute approximate surface area is 329 Å². The Kier molecular flexibility index (Phi) is 7.67. The highest BCUT2D eigenvalue weighted by Gasteiger charge is 2.26. The Morgan fingerprint density at radius 1 is 0.491 bits per heavy atom. The van der Waals surface area contributed by atoms with Crippen LogP contribution in [0.1, 0.15) is 11.3 Å². The summed E-state index contributed by atoms with van der Waals surface area (Å²) in [4.78, 5) is 15.8. The zero-order valence-electron chi connectivity index (χ0n) is 31.1. The van der Waals surface area contributed by atoms with Gasteiger partial charge in [0.2, 0.25) is 0 Å². The second-order valence-electron chi connectivity index (χ2n) is 14.5. The van der Waals surface area contributed by atoms with Crippen LogP contribution in [-0.2, 0) is 0 Å². The summed E-state index contributed by atoms with van der Waals surface area (Å²) < 4.78 is 13.2. The summed E-state index contributed by atoms with van der Waals surface area (Å²) in [5.41, 5.74) is 17.6. The standard InChI is InChI=1S/C51H34N4O2/c1-55-27-23-43(51-49(55)45-29-35(19-21-47(45)57-51)39-11-3-5-13-41(39)37-9-7-25-53-31-37)33-16-14-32(15-17-33)42-22-26-54-48-44-28-34(18-20-46(44)56-50(42)48)38-10-2-4-12-40(38)36-8-6-24-52-30-36/h2-26,28-31H,27H2,1H3. The monoisotopic (exact) mass is 734 g/mol. The molecule has 6 heterocycles. The largest absolute Gasteiger partial charge is 0.454 e. The van der Waals surface area contributed by atoms with E-state index in [9.17, 15) is 0 Å². The third kappa shape index (κ3) is 5.53. The van der Waals surface area contributed by atoms with Gasteiger partial charge in [-0.05, 0) is 87.0 Å². The highest BCUT2D eigenvalue weighted by Crippen LogP contribution is 2.45. The molecule has 1 aliphatic rings. The van der Waals surface area contributed by atoms with Crippen molar-refractivity contribution in [2.45, 2.75) is 0 Å². The van der Waals surface area contributed by atoms with E-state index in [-0.39, 0.29) is 0 Å². The highest BCUT2D eigenvalue weighted by atomic mass is 16.3. The number of pyridine rings is 3. The smallest absolute Gasteiger partial charge is 0.161 e. The quantitative estimate of drug-likeness (QED) is 0.169. The summed E-state index contributed by atoms with van der Waals surface area (Å²) in [6.07, 6.45) is 11.6. The van der Waals surface area contributed by atoms with Gasteiger partial charge in [-0.3, -0.25) is 15.0 Å². The summed E-state index contributed by atoms with van der Waals surface area (Å²) >= 11 is 0. The lowest BCUT2D eigenvalue weighted by Crippen LogP contribution is -2.21. The molecule has 0 unspecified atom stereocenters. The summed E-state index contributed by atoms with van der Waals surface area (Å²) in [6, 6.07) is 48.7. The van der Waals surface area contributed by atoms with Crippen LogP contribution in [-0.4, -0.2) is 28.5 Å². The van der Waals surface area contributed by atoms with Gasteiger partial charge in [0.25, 0.3) is 0 Å². The minimum absolute atomic E-state index is 0.772. The number of aromatic nitrogens is 3. The highest BCUT2D eigenvalue weighted by molar-refractivity contribution is 6.09. The maximum absolute atomic E-state index is 6.67. The van der Waals surface area contributed by atoms with Gasteiger partial charge in [0, 0.05) is 77.6 Å². The lowest BCUT2D eigenvalue weighted by atomic mass is 9.93. The summed E-state index contributed by atoms with van der Waals surface area (Å²) in [5, 5.41) is 2.08. The lowest BCUT2D eigenvalue weighted by Gasteiger charge is -2.24. The summed E-state index contributed by atoms with van der Waals surface area (Å²) in [7, 11) is 2.13. The van der Waals surface area contributed by atoms with Crippen molar-refractivity contribution in [3.63, 3.8) is 0 Å². The molecular formula is C51H34N4O2. The summed E-state index contributed by atoms with van der Waals surface area (Å²) in [6.45, 7) is 0.772. The molecule has 0 bridgehead atoms. The third-order valence-electron chi connectivity index (χ3n) is 11.1. The molecule has 0 N–H and O–H groups in total. The van der Waals surface area contributed by atoms with Crippen LogP contribution in [0.4, 0.5) is 5.69 Å². The molecule has 11 rings (SSSR count). The molecule has 0 atom stereocenters. The Hall–Kier alpha value is -7.57.